The highest BCUT2D eigenvalue weighted by Gasteiger charge is 2.41. The Morgan fingerprint density at radius 1 is 1.07 bits per heavy atom. The van der Waals surface area contributed by atoms with Gasteiger partial charge < -0.3 is 15.2 Å². The summed E-state index contributed by atoms with van der Waals surface area (Å²) in [6.45, 7) is 8.64. The van der Waals surface area contributed by atoms with E-state index in [1.165, 1.54) is 16.8 Å². The molecule has 0 amide bonds. The summed E-state index contributed by atoms with van der Waals surface area (Å²) in [7, 11) is 0. The average molecular weight is 391 g/mol. The van der Waals surface area contributed by atoms with Crippen molar-refractivity contribution in [2.75, 3.05) is 4.90 Å². The average Bonchev–Trinajstić information content (AvgIpc) is 3.20. The first-order valence-electron chi connectivity index (χ1n) is 9.72. The van der Waals surface area contributed by atoms with E-state index in [0.29, 0.717) is 5.92 Å². The molecule has 0 aliphatic carbocycles. The Kier molecular flexibility index (Phi) is 4.94. The van der Waals surface area contributed by atoms with E-state index in [1.54, 1.807) is 0 Å². The normalized spacial score (nSPS) is 19.3. The number of thiocarbonyl (C=S) groups is 1. The molecule has 4 rings (SSSR count). The van der Waals surface area contributed by atoms with Gasteiger partial charge >= 0.3 is 0 Å². The first-order chi connectivity index (χ1) is 13.5. The van der Waals surface area contributed by atoms with Gasteiger partial charge in [0.25, 0.3) is 0 Å². The molecule has 1 fully saturated rings. The maximum absolute atomic E-state index is 5.79. The lowest BCUT2D eigenvalue weighted by atomic mass is 9.96. The largest absolute Gasteiger partial charge is 0.362 e. The second kappa shape index (κ2) is 7.40. The fraction of sp³-hybridized carbons (Fsp3) is 0.304. The molecule has 2 N–H and O–H groups in total. The summed E-state index contributed by atoms with van der Waals surface area (Å²) >= 11 is 5.79. The molecule has 3 heterocycles. The van der Waals surface area contributed by atoms with Crippen LogP contribution in [0.5, 0.6) is 0 Å². The second-order valence-electron chi connectivity index (χ2n) is 7.78. The number of benzene rings is 1. The Morgan fingerprint density at radius 3 is 2.39 bits per heavy atom. The molecule has 2 aromatic heterocycles. The summed E-state index contributed by atoms with van der Waals surface area (Å²) in [5.41, 5.74) is 6.98. The Morgan fingerprint density at radius 2 is 1.82 bits per heavy atom. The number of hydrogen-bond acceptors (Lipinski definition) is 2. The fourth-order valence-corrected chi connectivity index (χ4v) is 4.37. The molecular weight excluding hydrogens is 364 g/mol. The molecule has 0 spiro atoms. The molecule has 1 aliphatic rings. The van der Waals surface area contributed by atoms with Gasteiger partial charge in [-0.15, -0.1) is 0 Å². The Bertz CT molecular complexity index is 976. The SMILES string of the molecule is Cc1cc([C@@H]2[C@@H](c3ccccn3)NC(=S)N2c2ccc(C(C)C)cc2)c(C)[nH]1. The van der Waals surface area contributed by atoms with Crippen LogP contribution in [-0.4, -0.2) is 15.1 Å². The van der Waals surface area contributed by atoms with Gasteiger partial charge in [-0.3, -0.25) is 4.98 Å². The van der Waals surface area contributed by atoms with Crippen LogP contribution in [0.15, 0.2) is 54.7 Å². The molecule has 144 valence electrons. The lowest BCUT2D eigenvalue weighted by molar-refractivity contribution is 0.566. The van der Waals surface area contributed by atoms with Crippen molar-refractivity contribution >= 4 is 23.0 Å². The molecule has 0 radical (unpaired) electrons. The van der Waals surface area contributed by atoms with Crippen LogP contribution in [0.3, 0.4) is 0 Å². The predicted molar refractivity (Wildman–Crippen MR) is 119 cm³/mol. The van der Waals surface area contributed by atoms with E-state index in [-0.39, 0.29) is 12.1 Å². The smallest absolute Gasteiger partial charge is 0.174 e. The zero-order chi connectivity index (χ0) is 19.8. The van der Waals surface area contributed by atoms with Crippen molar-refractivity contribution in [3.63, 3.8) is 0 Å². The molecule has 4 nitrogen and oxygen atoms in total. The maximum atomic E-state index is 5.79. The van der Waals surface area contributed by atoms with Crippen molar-refractivity contribution in [3.8, 4) is 0 Å². The van der Waals surface area contributed by atoms with Crippen molar-refractivity contribution < 1.29 is 0 Å². The minimum absolute atomic E-state index is 0.00706. The summed E-state index contributed by atoms with van der Waals surface area (Å²) in [5.74, 6) is 0.504. The Labute approximate surface area is 172 Å². The van der Waals surface area contributed by atoms with Crippen LogP contribution in [0.2, 0.25) is 0 Å². The number of nitrogens with one attached hydrogen (secondary N) is 2. The highest BCUT2D eigenvalue weighted by atomic mass is 32.1. The van der Waals surface area contributed by atoms with Crippen LogP contribution in [-0.2, 0) is 0 Å². The minimum Gasteiger partial charge on any atom is -0.362 e. The number of aromatic amines is 1. The lowest BCUT2D eigenvalue weighted by Gasteiger charge is -2.28. The van der Waals surface area contributed by atoms with Gasteiger partial charge in [0.15, 0.2) is 5.11 Å². The fourth-order valence-electron chi connectivity index (χ4n) is 4.02. The molecule has 0 saturated carbocycles. The highest BCUT2D eigenvalue weighted by molar-refractivity contribution is 7.80. The molecule has 28 heavy (non-hydrogen) atoms. The van der Waals surface area contributed by atoms with E-state index in [4.69, 9.17) is 12.2 Å². The van der Waals surface area contributed by atoms with Gasteiger partial charge in [0.05, 0.1) is 17.8 Å². The summed E-state index contributed by atoms with van der Waals surface area (Å²) in [4.78, 5) is 10.3. The van der Waals surface area contributed by atoms with E-state index in [9.17, 15) is 0 Å². The minimum atomic E-state index is -0.00706. The molecule has 0 bridgehead atoms. The van der Waals surface area contributed by atoms with Gasteiger partial charge in [-0.1, -0.05) is 32.0 Å². The van der Waals surface area contributed by atoms with Crippen LogP contribution >= 0.6 is 12.2 Å². The number of aromatic nitrogens is 2. The van der Waals surface area contributed by atoms with Crippen molar-refractivity contribution in [1.29, 1.82) is 0 Å². The Balaban J connectivity index is 1.81. The first-order valence-corrected chi connectivity index (χ1v) is 10.1. The second-order valence-corrected chi connectivity index (χ2v) is 8.16. The quantitative estimate of drug-likeness (QED) is 0.591. The van der Waals surface area contributed by atoms with Gasteiger partial charge in [-0.25, -0.2) is 0 Å². The van der Waals surface area contributed by atoms with E-state index in [0.717, 1.165) is 22.2 Å². The van der Waals surface area contributed by atoms with Crippen molar-refractivity contribution in [1.82, 2.24) is 15.3 Å². The molecule has 1 aromatic carbocycles. The van der Waals surface area contributed by atoms with Gasteiger partial charge in [0.2, 0.25) is 0 Å². The lowest BCUT2D eigenvalue weighted by Crippen LogP contribution is -2.29. The first kappa shape index (κ1) is 18.7. The molecule has 1 aliphatic heterocycles. The highest BCUT2D eigenvalue weighted by Crippen LogP contribution is 2.42. The number of anilines is 1. The van der Waals surface area contributed by atoms with E-state index in [2.05, 4.69) is 84.3 Å². The number of pyridine rings is 1. The van der Waals surface area contributed by atoms with Crippen LogP contribution in [0.25, 0.3) is 0 Å². The van der Waals surface area contributed by atoms with Crippen LogP contribution in [0.4, 0.5) is 5.69 Å². The van der Waals surface area contributed by atoms with Gasteiger partial charge in [0, 0.05) is 23.3 Å². The van der Waals surface area contributed by atoms with Crippen molar-refractivity contribution in [2.45, 2.75) is 45.7 Å². The summed E-state index contributed by atoms with van der Waals surface area (Å²) < 4.78 is 0. The van der Waals surface area contributed by atoms with Crippen LogP contribution < -0.4 is 10.2 Å². The van der Waals surface area contributed by atoms with E-state index in [1.807, 2.05) is 18.3 Å². The standard InChI is InChI=1S/C23H26N4S/c1-14(2)17-8-10-18(11-9-17)27-22(19-13-15(3)25-16(19)4)21(26-23(27)28)20-7-5-6-12-24-20/h5-14,21-22,25H,1-4H3,(H,26,28)/t21-,22-/m1/s1. The number of rotatable bonds is 4. The zero-order valence-corrected chi connectivity index (χ0v) is 17.5. The molecule has 2 atom stereocenters. The van der Waals surface area contributed by atoms with Gasteiger partial charge in [-0.2, -0.15) is 0 Å². The summed E-state index contributed by atoms with van der Waals surface area (Å²) in [5, 5.41) is 4.25. The molecule has 3 aromatic rings. The van der Waals surface area contributed by atoms with Crippen molar-refractivity contribution in [2.24, 2.45) is 0 Å². The maximum Gasteiger partial charge on any atom is 0.174 e. The third-order valence-electron chi connectivity index (χ3n) is 5.44. The van der Waals surface area contributed by atoms with Crippen LogP contribution in [0, 0.1) is 13.8 Å². The summed E-state index contributed by atoms with van der Waals surface area (Å²) in [6, 6.07) is 17.0. The number of nitrogens with zero attached hydrogens (tertiary/aromatic N) is 2. The zero-order valence-electron chi connectivity index (χ0n) is 16.7. The molecule has 0 unspecified atom stereocenters. The summed E-state index contributed by atoms with van der Waals surface area (Å²) in [6.07, 6.45) is 1.84. The molecular formula is C23H26N4S. The van der Waals surface area contributed by atoms with Crippen LogP contribution in [0.1, 0.15) is 60.1 Å². The van der Waals surface area contributed by atoms with E-state index >= 15 is 0 Å². The van der Waals surface area contributed by atoms with Gasteiger partial charge in [-0.05, 0) is 73.4 Å². The van der Waals surface area contributed by atoms with Crippen molar-refractivity contribution in [3.05, 3.63) is 82.9 Å². The third kappa shape index (κ3) is 3.31. The number of hydrogen-bond donors (Lipinski definition) is 2. The Hall–Kier alpha value is -2.66. The molecule has 1 saturated heterocycles. The predicted octanol–water partition coefficient (Wildman–Crippen LogP) is 5.33. The van der Waals surface area contributed by atoms with Gasteiger partial charge in [0.1, 0.15) is 0 Å². The number of H-pyrrole nitrogens is 1. The third-order valence-corrected chi connectivity index (χ3v) is 5.76. The van der Waals surface area contributed by atoms with E-state index < -0.39 is 0 Å². The number of aryl methyl sites for hydroxylation is 2. The molecule has 5 heteroatoms. The monoisotopic (exact) mass is 390 g/mol. The topological polar surface area (TPSA) is 44.0 Å².